The van der Waals surface area contributed by atoms with Gasteiger partial charge in [0, 0.05) is 62.9 Å². The Labute approximate surface area is 214 Å². The Kier molecular flexibility index (Phi) is 10.7. The van der Waals surface area contributed by atoms with Crippen molar-refractivity contribution >= 4 is 45.5 Å². The van der Waals surface area contributed by atoms with E-state index in [1.165, 1.54) is 4.90 Å². The maximum absolute atomic E-state index is 10.9. The van der Waals surface area contributed by atoms with E-state index in [9.17, 15) is 4.79 Å². The van der Waals surface area contributed by atoms with E-state index in [1.807, 2.05) is 13.0 Å². The third kappa shape index (κ3) is 8.43. The minimum atomic E-state index is 0.0433. The first-order valence-electron chi connectivity index (χ1n) is 11.7. The SMILES string of the molecule is CC(/C=C\CN(C=O)CC#N)=Nc1nc(N=C2C=CC(N3CCN(CCO)CC3)CC2)ncc1Br. The summed E-state index contributed by atoms with van der Waals surface area (Å²) in [7, 11) is 0. The van der Waals surface area contributed by atoms with Gasteiger partial charge < -0.3 is 10.0 Å². The van der Waals surface area contributed by atoms with Gasteiger partial charge in [-0.05, 0) is 47.8 Å². The van der Waals surface area contributed by atoms with Crippen molar-refractivity contribution in [2.75, 3.05) is 52.4 Å². The average molecular weight is 543 g/mol. The first-order chi connectivity index (χ1) is 17.0. The van der Waals surface area contributed by atoms with Gasteiger partial charge in [0.25, 0.3) is 5.95 Å². The maximum atomic E-state index is 10.9. The van der Waals surface area contributed by atoms with Crippen LogP contribution in [0.4, 0.5) is 11.8 Å². The molecule has 1 saturated heterocycles. The molecule has 1 aromatic rings. The largest absolute Gasteiger partial charge is 0.395 e. The number of carbonyl (C=O) groups excluding carboxylic acids is 1. The average Bonchev–Trinajstić information content (AvgIpc) is 2.87. The lowest BCUT2D eigenvalue weighted by atomic mass is 9.99. The van der Waals surface area contributed by atoms with Gasteiger partial charge in [-0.2, -0.15) is 10.2 Å². The summed E-state index contributed by atoms with van der Waals surface area (Å²) in [5.74, 6) is 0.838. The van der Waals surface area contributed by atoms with Gasteiger partial charge in [0.15, 0.2) is 5.82 Å². The van der Waals surface area contributed by atoms with Crippen LogP contribution < -0.4 is 0 Å². The van der Waals surface area contributed by atoms with Crippen LogP contribution in [-0.2, 0) is 4.79 Å². The Bertz CT molecular complexity index is 1020. The lowest BCUT2D eigenvalue weighted by molar-refractivity contribution is -0.117. The minimum Gasteiger partial charge on any atom is -0.395 e. The molecule has 0 spiro atoms. The molecule has 1 fully saturated rings. The summed E-state index contributed by atoms with van der Waals surface area (Å²) in [4.78, 5) is 35.0. The maximum Gasteiger partial charge on any atom is 0.251 e. The third-order valence-corrected chi connectivity index (χ3v) is 6.42. The molecular weight excluding hydrogens is 512 g/mol. The topological polar surface area (TPSA) is 121 Å². The van der Waals surface area contributed by atoms with Crippen LogP contribution in [0.15, 0.2) is 45.0 Å². The van der Waals surface area contributed by atoms with Gasteiger partial charge in [0.05, 0.1) is 17.1 Å². The number of aromatic nitrogens is 2. The monoisotopic (exact) mass is 542 g/mol. The van der Waals surface area contributed by atoms with Gasteiger partial charge in [0.2, 0.25) is 6.41 Å². The van der Waals surface area contributed by atoms with Crippen LogP contribution in [0.1, 0.15) is 19.8 Å². The fourth-order valence-electron chi connectivity index (χ4n) is 3.96. The van der Waals surface area contributed by atoms with Crippen molar-refractivity contribution < 1.29 is 9.90 Å². The fourth-order valence-corrected chi connectivity index (χ4v) is 4.24. The second-order valence-electron chi connectivity index (χ2n) is 8.36. The molecule has 3 rings (SSSR count). The first kappa shape index (κ1) is 26.8. The second-order valence-corrected chi connectivity index (χ2v) is 9.21. The smallest absolute Gasteiger partial charge is 0.251 e. The molecule has 1 aliphatic carbocycles. The van der Waals surface area contributed by atoms with E-state index in [0.29, 0.717) is 40.9 Å². The number of hydrogen-bond acceptors (Lipinski definition) is 9. The number of amides is 1. The van der Waals surface area contributed by atoms with Gasteiger partial charge in [0.1, 0.15) is 6.54 Å². The van der Waals surface area contributed by atoms with E-state index in [2.05, 4.69) is 57.8 Å². The summed E-state index contributed by atoms with van der Waals surface area (Å²) in [5.41, 5.74) is 1.64. The van der Waals surface area contributed by atoms with E-state index >= 15 is 0 Å². The second kappa shape index (κ2) is 13.9. The zero-order valence-corrected chi connectivity index (χ0v) is 21.5. The van der Waals surface area contributed by atoms with Gasteiger partial charge >= 0.3 is 0 Å². The zero-order chi connectivity index (χ0) is 25.0. The normalized spacial score (nSPS) is 20.9. The number of aliphatic hydroxyl groups is 1. The number of β-amino-alcohol motifs (C(OH)–C–C–N with tert-alkyl or cyclic N) is 1. The quantitative estimate of drug-likeness (QED) is 0.273. The number of aliphatic imine (C=N–C) groups is 2. The molecule has 1 unspecified atom stereocenters. The Hall–Kier alpha value is -2.78. The standard InChI is InChI=1S/C24H31BrN8O2/c1-19(3-2-9-32(18-35)10-8-26)28-23-22(25)17-27-24(30-23)29-20-4-6-21(7-5-20)33-13-11-31(12-14-33)15-16-34/h2-4,6,17-18,21,34H,5,7,9-16H2,1H3/b3-2-,28-19?,29-20?. The molecule has 0 aromatic carbocycles. The lowest BCUT2D eigenvalue weighted by Crippen LogP contribution is -2.50. The highest BCUT2D eigenvalue weighted by Gasteiger charge is 2.24. The summed E-state index contributed by atoms with van der Waals surface area (Å²) in [6, 6.07) is 2.36. The van der Waals surface area contributed by atoms with Crippen LogP contribution >= 0.6 is 15.9 Å². The summed E-state index contributed by atoms with van der Waals surface area (Å²) < 4.78 is 0.660. The number of rotatable bonds is 10. The number of nitrogens with zero attached hydrogens (tertiary/aromatic N) is 8. The van der Waals surface area contributed by atoms with Crippen LogP contribution in [0.5, 0.6) is 0 Å². The molecular formula is C24H31BrN8O2. The molecule has 0 saturated carbocycles. The van der Waals surface area contributed by atoms with Crippen LogP contribution in [0.25, 0.3) is 0 Å². The highest BCUT2D eigenvalue weighted by atomic mass is 79.9. The zero-order valence-electron chi connectivity index (χ0n) is 19.9. The van der Waals surface area contributed by atoms with Crippen LogP contribution in [0.2, 0.25) is 0 Å². The summed E-state index contributed by atoms with van der Waals surface area (Å²) in [6.07, 6.45) is 12.0. The Morgan fingerprint density at radius 2 is 2.20 bits per heavy atom. The van der Waals surface area contributed by atoms with Crippen molar-refractivity contribution in [2.24, 2.45) is 9.98 Å². The van der Waals surface area contributed by atoms with Crippen molar-refractivity contribution in [3.8, 4) is 6.07 Å². The molecule has 0 radical (unpaired) electrons. The predicted octanol–water partition coefficient (Wildman–Crippen LogP) is 2.27. The summed E-state index contributed by atoms with van der Waals surface area (Å²) >= 11 is 3.44. The molecule has 1 amide bonds. The van der Waals surface area contributed by atoms with Crippen molar-refractivity contribution in [3.05, 3.63) is 35.0 Å². The molecule has 1 aromatic heterocycles. The Balaban J connectivity index is 1.61. The molecule has 2 heterocycles. The Morgan fingerprint density at radius 1 is 1.40 bits per heavy atom. The van der Waals surface area contributed by atoms with E-state index in [1.54, 1.807) is 18.3 Å². The number of hydrogen-bond donors (Lipinski definition) is 1. The summed E-state index contributed by atoms with van der Waals surface area (Å²) in [5, 5.41) is 17.8. The Morgan fingerprint density at radius 3 is 2.86 bits per heavy atom. The van der Waals surface area contributed by atoms with Crippen LogP contribution in [-0.4, -0.2) is 106 Å². The van der Waals surface area contributed by atoms with E-state index < -0.39 is 0 Å². The van der Waals surface area contributed by atoms with E-state index in [0.717, 1.165) is 51.3 Å². The molecule has 1 N–H and O–H groups in total. The lowest BCUT2D eigenvalue weighted by Gasteiger charge is -2.39. The first-order valence-corrected chi connectivity index (χ1v) is 12.5. The van der Waals surface area contributed by atoms with Crippen molar-refractivity contribution in [3.63, 3.8) is 0 Å². The van der Waals surface area contributed by atoms with E-state index in [-0.39, 0.29) is 13.2 Å². The molecule has 0 bridgehead atoms. The molecule has 1 aliphatic heterocycles. The molecule has 1 atom stereocenters. The van der Waals surface area contributed by atoms with Gasteiger partial charge in [-0.25, -0.2) is 15.0 Å². The van der Waals surface area contributed by atoms with Crippen LogP contribution in [0, 0.1) is 11.3 Å². The molecule has 11 heteroatoms. The molecule has 186 valence electrons. The number of nitriles is 1. The predicted molar refractivity (Wildman–Crippen MR) is 139 cm³/mol. The number of aliphatic hydroxyl groups excluding tert-OH is 1. The van der Waals surface area contributed by atoms with Crippen molar-refractivity contribution in [1.29, 1.82) is 5.26 Å². The number of piperazine rings is 1. The van der Waals surface area contributed by atoms with Crippen LogP contribution in [0.3, 0.4) is 0 Å². The van der Waals surface area contributed by atoms with E-state index in [4.69, 9.17) is 10.4 Å². The number of carbonyl (C=O) groups is 1. The van der Waals surface area contributed by atoms with Crippen molar-refractivity contribution in [1.82, 2.24) is 24.7 Å². The minimum absolute atomic E-state index is 0.0433. The molecule has 10 nitrogen and oxygen atoms in total. The summed E-state index contributed by atoms with van der Waals surface area (Å²) in [6.45, 7) is 7.18. The molecule has 2 aliphatic rings. The van der Waals surface area contributed by atoms with Gasteiger partial charge in [-0.15, -0.1) is 0 Å². The van der Waals surface area contributed by atoms with Crippen molar-refractivity contribution in [2.45, 2.75) is 25.8 Å². The third-order valence-electron chi connectivity index (χ3n) is 5.86. The van der Waals surface area contributed by atoms with Gasteiger partial charge in [-0.1, -0.05) is 12.2 Å². The van der Waals surface area contributed by atoms with Gasteiger partial charge in [-0.3, -0.25) is 14.6 Å². The molecule has 35 heavy (non-hydrogen) atoms. The fraction of sp³-hybridized carbons (Fsp3) is 0.500. The number of halogens is 1. The highest BCUT2D eigenvalue weighted by Crippen LogP contribution is 2.25. The highest BCUT2D eigenvalue weighted by molar-refractivity contribution is 9.10. The number of allylic oxidation sites excluding steroid dienone is 2.